The van der Waals surface area contributed by atoms with Crippen LogP contribution in [0.25, 0.3) is 6.08 Å². The molecule has 1 saturated carbocycles. The van der Waals surface area contributed by atoms with E-state index in [4.69, 9.17) is 16.7 Å². The summed E-state index contributed by atoms with van der Waals surface area (Å²) in [7, 11) is 0. The molecule has 2 rings (SSSR count). The predicted octanol–water partition coefficient (Wildman–Crippen LogP) is 5.37. The maximum atomic E-state index is 12.1. The Morgan fingerprint density at radius 2 is 1.88 bits per heavy atom. The van der Waals surface area contributed by atoms with Gasteiger partial charge < -0.3 is 5.11 Å². The van der Waals surface area contributed by atoms with Crippen LogP contribution >= 0.6 is 11.6 Å². The van der Waals surface area contributed by atoms with Crippen molar-refractivity contribution in [3.63, 3.8) is 0 Å². The van der Waals surface area contributed by atoms with Crippen LogP contribution in [0.2, 0.25) is 5.02 Å². The minimum absolute atomic E-state index is 0.132. The van der Waals surface area contributed by atoms with Gasteiger partial charge in [-0.25, -0.2) is 0 Å². The predicted molar refractivity (Wildman–Crippen MR) is 97.0 cm³/mol. The quantitative estimate of drug-likeness (QED) is 0.610. The monoisotopic (exact) mass is 348 g/mol. The highest BCUT2D eigenvalue weighted by Gasteiger charge is 2.32. The Balaban J connectivity index is 1.78. The van der Waals surface area contributed by atoms with Gasteiger partial charge in [-0.1, -0.05) is 55.1 Å². The molecule has 0 bridgehead atoms. The second-order valence-electron chi connectivity index (χ2n) is 6.53. The number of carboxylic acid groups (broad SMARTS) is 1. The van der Waals surface area contributed by atoms with Crippen molar-refractivity contribution in [1.82, 2.24) is 0 Å². The Hall–Kier alpha value is -1.61. The molecule has 0 heterocycles. The lowest BCUT2D eigenvalue weighted by Crippen LogP contribution is -2.13. The lowest BCUT2D eigenvalue weighted by Gasteiger charge is -2.14. The normalized spacial score (nSPS) is 20.8. The summed E-state index contributed by atoms with van der Waals surface area (Å²) in [5, 5.41) is 9.35. The Labute approximate surface area is 148 Å². The SMILES string of the molecule is O=C(O)CCCCCCC1C(=O)CCC1/C=C/c1ccc(Cl)cc1. The van der Waals surface area contributed by atoms with Gasteiger partial charge in [0.15, 0.2) is 0 Å². The number of carbonyl (C=O) groups excluding carboxylic acids is 1. The highest BCUT2D eigenvalue weighted by atomic mass is 35.5. The molecule has 24 heavy (non-hydrogen) atoms. The number of ketones is 1. The zero-order valence-corrected chi connectivity index (χ0v) is 14.7. The summed E-state index contributed by atoms with van der Waals surface area (Å²) in [6.07, 6.45) is 10.7. The van der Waals surface area contributed by atoms with Crippen LogP contribution in [-0.4, -0.2) is 16.9 Å². The van der Waals surface area contributed by atoms with Crippen molar-refractivity contribution >= 4 is 29.4 Å². The van der Waals surface area contributed by atoms with E-state index in [2.05, 4.69) is 12.2 Å². The summed E-state index contributed by atoms with van der Waals surface area (Å²) in [6.45, 7) is 0. The minimum atomic E-state index is -0.728. The van der Waals surface area contributed by atoms with Crippen LogP contribution < -0.4 is 0 Å². The van der Waals surface area contributed by atoms with E-state index in [0.29, 0.717) is 18.1 Å². The van der Waals surface area contributed by atoms with Crippen molar-refractivity contribution in [1.29, 1.82) is 0 Å². The first kappa shape index (κ1) is 18.7. The lowest BCUT2D eigenvalue weighted by molar-refractivity contribution is -0.137. The Bertz CT molecular complexity index is 577. The molecule has 2 atom stereocenters. The highest BCUT2D eigenvalue weighted by molar-refractivity contribution is 6.30. The molecule has 4 heteroatoms. The second kappa shape index (κ2) is 9.63. The second-order valence-corrected chi connectivity index (χ2v) is 6.97. The Morgan fingerprint density at radius 3 is 2.58 bits per heavy atom. The fourth-order valence-electron chi connectivity index (χ4n) is 3.34. The third kappa shape index (κ3) is 6.12. The molecule has 0 aliphatic heterocycles. The molecule has 0 saturated heterocycles. The summed E-state index contributed by atoms with van der Waals surface area (Å²) in [4.78, 5) is 22.6. The maximum Gasteiger partial charge on any atom is 0.303 e. The first-order valence-electron chi connectivity index (χ1n) is 8.74. The maximum absolute atomic E-state index is 12.1. The van der Waals surface area contributed by atoms with Crippen LogP contribution in [0.4, 0.5) is 0 Å². The zero-order valence-electron chi connectivity index (χ0n) is 13.9. The number of rotatable bonds is 9. The molecule has 1 aromatic rings. The number of halogens is 1. The average molecular weight is 349 g/mol. The molecular weight excluding hydrogens is 324 g/mol. The highest BCUT2D eigenvalue weighted by Crippen LogP contribution is 2.34. The molecule has 1 aliphatic carbocycles. The number of benzene rings is 1. The number of aliphatic carboxylic acids is 1. The van der Waals surface area contributed by atoms with Gasteiger partial charge in [-0.15, -0.1) is 0 Å². The van der Waals surface area contributed by atoms with Gasteiger partial charge in [-0.05, 0) is 42.9 Å². The topological polar surface area (TPSA) is 54.4 Å². The molecule has 0 spiro atoms. The van der Waals surface area contributed by atoms with Crippen LogP contribution in [-0.2, 0) is 9.59 Å². The van der Waals surface area contributed by atoms with Crippen LogP contribution in [0.5, 0.6) is 0 Å². The zero-order chi connectivity index (χ0) is 17.4. The van der Waals surface area contributed by atoms with Crippen LogP contribution in [0.3, 0.4) is 0 Å². The van der Waals surface area contributed by atoms with Gasteiger partial charge >= 0.3 is 5.97 Å². The number of Topliss-reactive ketones (excluding diaryl/α,β-unsaturated/α-hetero) is 1. The number of hydrogen-bond donors (Lipinski definition) is 1. The van der Waals surface area contributed by atoms with Crippen molar-refractivity contribution in [2.24, 2.45) is 11.8 Å². The van der Waals surface area contributed by atoms with Crippen LogP contribution in [0, 0.1) is 11.8 Å². The van der Waals surface area contributed by atoms with E-state index in [0.717, 1.165) is 49.1 Å². The van der Waals surface area contributed by atoms with Crippen molar-refractivity contribution in [3.05, 3.63) is 40.9 Å². The van der Waals surface area contributed by atoms with E-state index in [1.807, 2.05) is 24.3 Å². The van der Waals surface area contributed by atoms with E-state index in [9.17, 15) is 9.59 Å². The van der Waals surface area contributed by atoms with Crippen molar-refractivity contribution < 1.29 is 14.7 Å². The first-order valence-corrected chi connectivity index (χ1v) is 9.12. The standard InChI is InChI=1S/C20H25ClO3/c21-17-12-8-15(9-13-17)7-10-16-11-14-19(22)18(16)5-3-1-2-4-6-20(23)24/h7-10,12-13,16,18H,1-6,11,14H2,(H,23,24)/b10-7+. The van der Waals surface area contributed by atoms with Gasteiger partial charge in [0.05, 0.1) is 0 Å². The Morgan fingerprint density at radius 1 is 1.17 bits per heavy atom. The molecule has 130 valence electrons. The molecular formula is C20H25ClO3. The van der Waals surface area contributed by atoms with E-state index in [1.54, 1.807) is 0 Å². The largest absolute Gasteiger partial charge is 0.481 e. The van der Waals surface area contributed by atoms with Crippen LogP contribution in [0.1, 0.15) is 56.9 Å². The van der Waals surface area contributed by atoms with Crippen LogP contribution in [0.15, 0.2) is 30.3 Å². The summed E-state index contributed by atoms with van der Waals surface area (Å²) in [6, 6.07) is 7.70. The fourth-order valence-corrected chi connectivity index (χ4v) is 3.47. The number of carboxylic acids is 1. The Kier molecular flexibility index (Phi) is 7.51. The molecule has 0 radical (unpaired) electrons. The lowest BCUT2D eigenvalue weighted by atomic mass is 9.89. The average Bonchev–Trinajstić information content (AvgIpc) is 2.90. The van der Waals surface area contributed by atoms with Gasteiger partial charge in [0.2, 0.25) is 0 Å². The number of unbranched alkanes of at least 4 members (excludes halogenated alkanes) is 3. The van der Waals surface area contributed by atoms with Gasteiger partial charge in [-0.3, -0.25) is 9.59 Å². The molecule has 1 fully saturated rings. The van der Waals surface area contributed by atoms with Crippen molar-refractivity contribution in [2.45, 2.75) is 51.4 Å². The fraction of sp³-hybridized carbons (Fsp3) is 0.500. The van der Waals surface area contributed by atoms with Gasteiger partial charge in [0.25, 0.3) is 0 Å². The van der Waals surface area contributed by atoms with Gasteiger partial charge in [-0.2, -0.15) is 0 Å². The molecule has 2 unspecified atom stereocenters. The van der Waals surface area contributed by atoms with E-state index < -0.39 is 5.97 Å². The molecule has 1 aliphatic rings. The number of allylic oxidation sites excluding steroid dienone is 1. The molecule has 3 nitrogen and oxygen atoms in total. The summed E-state index contributed by atoms with van der Waals surface area (Å²) in [5.74, 6) is 0.111. The number of carbonyl (C=O) groups is 2. The summed E-state index contributed by atoms with van der Waals surface area (Å²) in [5.41, 5.74) is 1.10. The van der Waals surface area contributed by atoms with Gasteiger partial charge in [0, 0.05) is 23.8 Å². The van der Waals surface area contributed by atoms with Gasteiger partial charge in [0.1, 0.15) is 5.78 Å². The smallest absolute Gasteiger partial charge is 0.303 e. The third-order valence-electron chi connectivity index (χ3n) is 4.72. The van der Waals surface area contributed by atoms with Crippen molar-refractivity contribution in [2.75, 3.05) is 0 Å². The van der Waals surface area contributed by atoms with E-state index in [-0.39, 0.29) is 12.3 Å². The molecule has 1 aromatic carbocycles. The summed E-state index contributed by atoms with van der Waals surface area (Å²) >= 11 is 5.89. The first-order chi connectivity index (χ1) is 11.6. The molecule has 0 amide bonds. The number of hydrogen-bond acceptors (Lipinski definition) is 2. The third-order valence-corrected chi connectivity index (χ3v) is 4.97. The molecule has 1 N–H and O–H groups in total. The van der Waals surface area contributed by atoms with E-state index in [1.165, 1.54) is 0 Å². The van der Waals surface area contributed by atoms with Crippen molar-refractivity contribution in [3.8, 4) is 0 Å². The minimum Gasteiger partial charge on any atom is -0.481 e. The molecule has 0 aromatic heterocycles. The summed E-state index contributed by atoms with van der Waals surface area (Å²) < 4.78 is 0. The van der Waals surface area contributed by atoms with E-state index >= 15 is 0 Å².